The van der Waals surface area contributed by atoms with Crippen molar-refractivity contribution in [3.63, 3.8) is 0 Å². The van der Waals surface area contributed by atoms with Crippen molar-refractivity contribution in [1.29, 1.82) is 0 Å². The minimum Gasteiger partial charge on any atom is -0.426 e. The van der Waals surface area contributed by atoms with Crippen molar-refractivity contribution < 1.29 is 9.53 Å². The van der Waals surface area contributed by atoms with Gasteiger partial charge in [-0.25, -0.2) is 0 Å². The monoisotopic (exact) mass is 432 g/mol. The van der Waals surface area contributed by atoms with Crippen molar-refractivity contribution in [3.8, 4) is 5.75 Å². The number of ether oxygens (including phenoxy) is 1. The molecule has 4 heteroatoms. The molecule has 0 saturated heterocycles. The summed E-state index contributed by atoms with van der Waals surface area (Å²) in [5.74, 6) is 0.339. The van der Waals surface area contributed by atoms with Crippen LogP contribution in [-0.4, -0.2) is 5.97 Å². The molecule has 2 aromatic carbocycles. The van der Waals surface area contributed by atoms with E-state index in [1.165, 1.54) is 0 Å². The molecule has 0 aromatic heterocycles. The standard InChI is InChI=1S/C15H14BrIO2/c1-15(2,3)14(18)19-10-7-9-5-4-6-12(17)13(9)11(16)8-10/h4-8H,1-3H3. The molecule has 0 amide bonds. The predicted octanol–water partition coefficient (Wildman–Crippen LogP) is 5.16. The van der Waals surface area contributed by atoms with E-state index >= 15 is 0 Å². The number of carbonyl (C=O) groups excluding carboxylic acids is 1. The van der Waals surface area contributed by atoms with Crippen LogP contribution in [0.2, 0.25) is 0 Å². The van der Waals surface area contributed by atoms with Gasteiger partial charge in [0.1, 0.15) is 5.75 Å². The van der Waals surface area contributed by atoms with Crippen LogP contribution in [0.1, 0.15) is 20.8 Å². The first-order valence-corrected chi connectivity index (χ1v) is 7.76. The molecule has 0 radical (unpaired) electrons. The number of hydrogen-bond acceptors (Lipinski definition) is 2. The zero-order valence-electron chi connectivity index (χ0n) is 11.0. The second-order valence-corrected chi connectivity index (χ2v) is 7.40. The number of fused-ring (bicyclic) bond motifs is 1. The van der Waals surface area contributed by atoms with Crippen LogP contribution in [0, 0.1) is 8.99 Å². The maximum absolute atomic E-state index is 11.9. The maximum atomic E-state index is 11.9. The molecule has 0 unspecified atom stereocenters. The molecule has 0 fully saturated rings. The smallest absolute Gasteiger partial charge is 0.316 e. The van der Waals surface area contributed by atoms with E-state index in [0.29, 0.717) is 5.75 Å². The summed E-state index contributed by atoms with van der Waals surface area (Å²) >= 11 is 5.84. The van der Waals surface area contributed by atoms with Crippen molar-refractivity contribution in [2.75, 3.05) is 0 Å². The van der Waals surface area contributed by atoms with Gasteiger partial charge < -0.3 is 4.74 Å². The van der Waals surface area contributed by atoms with Gasteiger partial charge in [0.25, 0.3) is 0 Å². The molecule has 0 N–H and O–H groups in total. The molecule has 2 aromatic rings. The largest absolute Gasteiger partial charge is 0.426 e. The Bertz CT molecular complexity index is 644. The van der Waals surface area contributed by atoms with Crippen molar-refractivity contribution in [2.45, 2.75) is 20.8 Å². The molecule has 2 rings (SSSR count). The minimum atomic E-state index is -0.507. The summed E-state index contributed by atoms with van der Waals surface area (Å²) in [7, 11) is 0. The van der Waals surface area contributed by atoms with Crippen LogP contribution in [-0.2, 0) is 4.79 Å². The molecule has 19 heavy (non-hydrogen) atoms. The number of rotatable bonds is 1. The number of esters is 1. The van der Waals surface area contributed by atoms with Gasteiger partial charge in [-0.2, -0.15) is 0 Å². The van der Waals surface area contributed by atoms with Crippen LogP contribution in [0.15, 0.2) is 34.8 Å². The number of hydrogen-bond donors (Lipinski definition) is 0. The summed E-state index contributed by atoms with van der Waals surface area (Å²) in [6.07, 6.45) is 0. The topological polar surface area (TPSA) is 26.3 Å². The summed E-state index contributed by atoms with van der Waals surface area (Å²) in [6, 6.07) is 9.79. The summed E-state index contributed by atoms with van der Waals surface area (Å²) in [4.78, 5) is 11.9. The quantitative estimate of drug-likeness (QED) is 0.353. The Labute approximate surface area is 134 Å². The van der Waals surface area contributed by atoms with Crippen LogP contribution < -0.4 is 4.74 Å². The Morgan fingerprint density at radius 1 is 1.26 bits per heavy atom. The lowest BCUT2D eigenvalue weighted by Gasteiger charge is -2.17. The fourth-order valence-corrected chi connectivity index (χ4v) is 3.47. The van der Waals surface area contributed by atoms with Gasteiger partial charge in [0.05, 0.1) is 5.41 Å². The van der Waals surface area contributed by atoms with Gasteiger partial charge in [0, 0.05) is 13.4 Å². The van der Waals surface area contributed by atoms with Crippen molar-refractivity contribution in [3.05, 3.63) is 38.4 Å². The fraction of sp³-hybridized carbons (Fsp3) is 0.267. The maximum Gasteiger partial charge on any atom is 0.316 e. The van der Waals surface area contributed by atoms with E-state index in [0.717, 1.165) is 18.8 Å². The van der Waals surface area contributed by atoms with E-state index < -0.39 is 5.41 Å². The fourth-order valence-electron chi connectivity index (χ4n) is 1.62. The Hall–Kier alpha value is -0.620. The molecule has 0 aliphatic heterocycles. The van der Waals surface area contributed by atoms with Crippen molar-refractivity contribution in [2.24, 2.45) is 5.41 Å². The summed E-state index contributed by atoms with van der Waals surface area (Å²) in [6.45, 7) is 5.52. The molecule has 0 aliphatic carbocycles. The van der Waals surface area contributed by atoms with E-state index in [4.69, 9.17) is 4.74 Å². The van der Waals surface area contributed by atoms with E-state index in [1.807, 2.05) is 45.0 Å². The highest BCUT2D eigenvalue weighted by atomic mass is 127. The lowest BCUT2D eigenvalue weighted by atomic mass is 9.97. The highest BCUT2D eigenvalue weighted by Gasteiger charge is 2.24. The lowest BCUT2D eigenvalue weighted by molar-refractivity contribution is -0.142. The third-order valence-electron chi connectivity index (χ3n) is 2.67. The third-order valence-corrected chi connectivity index (χ3v) is 4.20. The average Bonchev–Trinajstić information content (AvgIpc) is 2.27. The molecule has 0 aliphatic rings. The van der Waals surface area contributed by atoms with Gasteiger partial charge in [-0.05, 0) is 82.9 Å². The summed E-state index contributed by atoms with van der Waals surface area (Å²) < 4.78 is 7.54. The van der Waals surface area contributed by atoms with Gasteiger partial charge in [-0.1, -0.05) is 12.1 Å². The van der Waals surface area contributed by atoms with Gasteiger partial charge in [0.15, 0.2) is 0 Å². The molecule has 0 bridgehead atoms. The Morgan fingerprint density at radius 2 is 1.95 bits per heavy atom. The first-order chi connectivity index (χ1) is 8.79. The first-order valence-electron chi connectivity index (χ1n) is 5.89. The highest BCUT2D eigenvalue weighted by molar-refractivity contribution is 14.1. The Morgan fingerprint density at radius 3 is 2.58 bits per heavy atom. The van der Waals surface area contributed by atoms with Crippen LogP contribution in [0.5, 0.6) is 5.75 Å². The van der Waals surface area contributed by atoms with E-state index in [9.17, 15) is 4.79 Å². The molecule has 0 atom stereocenters. The molecular weight excluding hydrogens is 419 g/mol. The highest BCUT2D eigenvalue weighted by Crippen LogP contribution is 2.33. The molecular formula is C15H14BrIO2. The van der Waals surface area contributed by atoms with E-state index in [2.05, 4.69) is 44.6 Å². The third kappa shape index (κ3) is 3.28. The Balaban J connectivity index is 2.45. The second-order valence-electron chi connectivity index (χ2n) is 5.38. The second kappa shape index (κ2) is 5.40. The first kappa shape index (κ1) is 14.8. The Kier molecular flexibility index (Phi) is 4.20. The van der Waals surface area contributed by atoms with E-state index in [1.54, 1.807) is 0 Å². The van der Waals surface area contributed by atoms with Gasteiger partial charge in [-0.3, -0.25) is 4.79 Å². The molecule has 100 valence electrons. The van der Waals surface area contributed by atoms with Gasteiger partial charge in [-0.15, -0.1) is 0 Å². The SMILES string of the molecule is CC(C)(C)C(=O)Oc1cc(Br)c2c(I)cccc2c1. The van der Waals surface area contributed by atoms with Gasteiger partial charge >= 0.3 is 5.97 Å². The van der Waals surface area contributed by atoms with E-state index in [-0.39, 0.29) is 5.97 Å². The zero-order valence-corrected chi connectivity index (χ0v) is 14.7. The number of carbonyl (C=O) groups is 1. The molecule has 0 saturated carbocycles. The van der Waals surface area contributed by atoms with Crippen molar-refractivity contribution >= 4 is 55.3 Å². The van der Waals surface area contributed by atoms with Crippen LogP contribution in [0.25, 0.3) is 10.8 Å². The molecule has 0 heterocycles. The summed E-state index contributed by atoms with van der Waals surface area (Å²) in [5, 5.41) is 2.19. The minimum absolute atomic E-state index is 0.232. The zero-order chi connectivity index (χ0) is 14.2. The average molecular weight is 433 g/mol. The summed E-state index contributed by atoms with van der Waals surface area (Å²) in [5.41, 5.74) is -0.507. The van der Waals surface area contributed by atoms with Crippen LogP contribution in [0.4, 0.5) is 0 Å². The molecule has 2 nitrogen and oxygen atoms in total. The lowest BCUT2D eigenvalue weighted by Crippen LogP contribution is -2.25. The predicted molar refractivity (Wildman–Crippen MR) is 89.5 cm³/mol. The number of halogens is 2. The van der Waals surface area contributed by atoms with Crippen molar-refractivity contribution in [1.82, 2.24) is 0 Å². The van der Waals surface area contributed by atoms with Gasteiger partial charge in [0.2, 0.25) is 0 Å². The normalized spacial score (nSPS) is 11.6. The van der Waals surface area contributed by atoms with Crippen LogP contribution >= 0.6 is 38.5 Å². The number of benzene rings is 2. The molecule has 0 spiro atoms. The van der Waals surface area contributed by atoms with Crippen LogP contribution in [0.3, 0.4) is 0 Å².